The Morgan fingerprint density at radius 3 is 1.15 bits per heavy atom. The molecule has 0 radical (unpaired) electrons. The summed E-state index contributed by atoms with van der Waals surface area (Å²) in [6.07, 6.45) is 2.94. The Hall–Kier alpha value is -6.94. The van der Waals surface area contributed by atoms with E-state index in [0.717, 1.165) is 24.3 Å². The van der Waals surface area contributed by atoms with Gasteiger partial charge in [0.2, 0.25) is 0 Å². The molecule has 6 aromatic rings. The fourth-order valence-corrected chi connectivity index (χ4v) is 5.31. The second-order valence-electron chi connectivity index (χ2n) is 15.3. The summed E-state index contributed by atoms with van der Waals surface area (Å²) in [5.74, 6) is 5.18. The molecule has 2 unspecified atom stereocenters. The van der Waals surface area contributed by atoms with Gasteiger partial charge in [0, 0.05) is 0 Å². The molecule has 0 aromatic heterocycles. The van der Waals surface area contributed by atoms with Crippen LogP contribution in [0.3, 0.4) is 0 Å². The van der Waals surface area contributed by atoms with E-state index in [4.69, 9.17) is 28.8 Å². The van der Waals surface area contributed by atoms with Crippen LogP contribution in [0.5, 0.6) is 57.5 Å². The van der Waals surface area contributed by atoms with Gasteiger partial charge in [-0.25, -0.2) is 4.79 Å². The van der Waals surface area contributed by atoms with Gasteiger partial charge in [0.1, 0.15) is 57.5 Å². The minimum atomic E-state index is -0.499. The maximum absolute atomic E-state index is 12.0. The van der Waals surface area contributed by atoms with Crippen LogP contribution in [0.25, 0.3) is 0 Å². The van der Waals surface area contributed by atoms with Crippen LogP contribution < -0.4 is 23.7 Å². The summed E-state index contributed by atoms with van der Waals surface area (Å²) in [4.78, 5) is 23.7. The van der Waals surface area contributed by atoms with Crippen molar-refractivity contribution in [1.29, 1.82) is 0 Å². The Morgan fingerprint density at radius 2 is 0.774 bits per heavy atom. The first-order valence-corrected chi connectivity index (χ1v) is 20.8. The van der Waals surface area contributed by atoms with Gasteiger partial charge < -0.3 is 39.0 Å². The monoisotopic (exact) mass is 842 g/mol. The summed E-state index contributed by atoms with van der Waals surface area (Å²) in [5, 5.41) is 27.6. The molecule has 0 saturated heterocycles. The molecule has 0 spiro atoms. The molecule has 326 valence electrons. The lowest BCUT2D eigenvalue weighted by atomic mass is 9.91. The van der Waals surface area contributed by atoms with E-state index in [1.165, 1.54) is 35.4 Å². The van der Waals surface area contributed by atoms with Gasteiger partial charge in [0.25, 0.3) is 0 Å². The van der Waals surface area contributed by atoms with Crippen LogP contribution in [-0.2, 0) is 9.59 Å². The molecule has 2 atom stereocenters. The van der Waals surface area contributed by atoms with E-state index >= 15 is 0 Å². The molecule has 3 N–H and O–H groups in total. The number of carbonyl (C=O) groups excluding carboxylic acids is 2. The van der Waals surface area contributed by atoms with E-state index in [9.17, 15) is 19.8 Å². The Kier molecular flexibility index (Phi) is 18.3. The van der Waals surface area contributed by atoms with Gasteiger partial charge in [-0.15, -0.1) is 0 Å². The average Bonchev–Trinajstić information content (AvgIpc) is 3.29. The molecule has 0 fully saturated rings. The highest BCUT2D eigenvalue weighted by Gasteiger charge is 2.27. The van der Waals surface area contributed by atoms with E-state index in [1.807, 2.05) is 57.2 Å². The largest absolute Gasteiger partial charge is 0.508 e. The fourth-order valence-electron chi connectivity index (χ4n) is 5.31. The SMILES string of the molecule is CCC(C)(C)C(=O)Oc1ccc(Oc2ccc(O)cc2)cc1.CCC(C)c1ccc(OCC(=O)Oc2ccc(O)cc2)cc1.CCC(C)c1ccc(Oc2ccc(O)cc2)cc1. The lowest BCUT2D eigenvalue weighted by Gasteiger charge is -2.20. The van der Waals surface area contributed by atoms with Crippen LogP contribution in [0.15, 0.2) is 146 Å². The Morgan fingerprint density at radius 1 is 0.468 bits per heavy atom. The second-order valence-corrected chi connectivity index (χ2v) is 15.3. The predicted octanol–water partition coefficient (Wildman–Crippen LogP) is 13.1. The van der Waals surface area contributed by atoms with Crippen LogP contribution in [0.4, 0.5) is 0 Å². The van der Waals surface area contributed by atoms with Crippen molar-refractivity contribution in [3.63, 3.8) is 0 Å². The third kappa shape index (κ3) is 15.9. The summed E-state index contributed by atoms with van der Waals surface area (Å²) in [6.45, 7) is 14.2. The molecule has 62 heavy (non-hydrogen) atoms. The summed E-state index contributed by atoms with van der Waals surface area (Å²) in [7, 11) is 0. The smallest absolute Gasteiger partial charge is 0.349 e. The molecule has 6 aromatic carbocycles. The van der Waals surface area contributed by atoms with Crippen LogP contribution >= 0.6 is 0 Å². The summed E-state index contributed by atoms with van der Waals surface area (Å²) in [6, 6.07) is 41.9. The van der Waals surface area contributed by atoms with Gasteiger partial charge in [-0.2, -0.15) is 0 Å². The van der Waals surface area contributed by atoms with Crippen LogP contribution in [0, 0.1) is 5.41 Å². The van der Waals surface area contributed by atoms with Crippen molar-refractivity contribution in [2.75, 3.05) is 6.61 Å². The molecule has 0 aliphatic rings. The Labute approximate surface area is 365 Å². The normalized spacial score (nSPS) is 11.6. The number of phenols is 3. The minimum Gasteiger partial charge on any atom is -0.508 e. The van der Waals surface area contributed by atoms with Crippen molar-refractivity contribution in [3.05, 3.63) is 157 Å². The molecule has 0 aliphatic heterocycles. The highest BCUT2D eigenvalue weighted by molar-refractivity contribution is 5.78. The molecular formula is C52H58O10. The summed E-state index contributed by atoms with van der Waals surface area (Å²) in [5.41, 5.74) is 2.08. The van der Waals surface area contributed by atoms with E-state index < -0.39 is 11.4 Å². The van der Waals surface area contributed by atoms with Crippen LogP contribution in [0.2, 0.25) is 0 Å². The van der Waals surface area contributed by atoms with Gasteiger partial charge >= 0.3 is 11.9 Å². The number of phenolic OH excluding ortho intramolecular Hbond substituents is 3. The molecule has 0 aliphatic carbocycles. The van der Waals surface area contributed by atoms with Gasteiger partial charge in [0.15, 0.2) is 6.61 Å². The number of rotatable bonds is 15. The molecule has 0 heterocycles. The first kappa shape index (κ1) is 47.7. The first-order valence-electron chi connectivity index (χ1n) is 20.8. The Bertz CT molecular complexity index is 2230. The molecule has 10 heteroatoms. The molecule has 6 rings (SSSR count). The van der Waals surface area contributed by atoms with Crippen molar-refractivity contribution in [3.8, 4) is 57.5 Å². The zero-order chi connectivity index (χ0) is 45.1. The fraction of sp³-hybridized carbons (Fsp3) is 0.269. The number of aromatic hydroxyl groups is 3. The van der Waals surface area contributed by atoms with Crippen LogP contribution in [-0.4, -0.2) is 33.9 Å². The predicted molar refractivity (Wildman–Crippen MR) is 242 cm³/mol. The summed E-state index contributed by atoms with van der Waals surface area (Å²) >= 11 is 0. The average molecular weight is 843 g/mol. The third-order valence-electron chi connectivity index (χ3n) is 10.2. The van der Waals surface area contributed by atoms with Gasteiger partial charge in [-0.3, -0.25) is 4.79 Å². The molecule has 0 amide bonds. The van der Waals surface area contributed by atoms with Crippen LogP contribution in [0.1, 0.15) is 90.7 Å². The lowest BCUT2D eigenvalue weighted by molar-refractivity contribution is -0.144. The highest BCUT2D eigenvalue weighted by atomic mass is 16.6. The molecular weight excluding hydrogens is 785 g/mol. The summed E-state index contributed by atoms with van der Waals surface area (Å²) < 4.78 is 27.2. The Balaban J connectivity index is 0.000000206. The number of benzene rings is 6. The zero-order valence-electron chi connectivity index (χ0n) is 36.5. The number of esters is 2. The molecule has 0 saturated carbocycles. The lowest BCUT2D eigenvalue weighted by Crippen LogP contribution is -2.28. The number of hydrogen-bond acceptors (Lipinski definition) is 10. The van der Waals surface area contributed by atoms with E-state index in [0.29, 0.717) is 47.0 Å². The zero-order valence-corrected chi connectivity index (χ0v) is 36.5. The standard InChI is InChI=1S/2C18H20O4.C16H18O2/c1-4-18(2,3)17(20)22-16-11-9-15(10-12-16)21-14-7-5-13(19)6-8-14;1-3-13(2)14-4-8-16(9-5-14)21-12-18(20)22-17-10-6-15(19)7-11-17;1-3-12(2)13-4-8-15(9-5-13)18-16-10-6-14(17)7-11-16/h5-12,19H,4H2,1-3H3;4-11,13,19H,3,12H2,1-2H3;4-12,17H,3H2,1-2H3. The van der Waals surface area contributed by atoms with Gasteiger partial charge in [0.05, 0.1) is 5.41 Å². The quantitative estimate of drug-likeness (QED) is 0.0676. The number of hydrogen-bond donors (Lipinski definition) is 3. The maximum Gasteiger partial charge on any atom is 0.349 e. The van der Waals surface area contributed by atoms with E-state index in [2.05, 4.69) is 39.8 Å². The number of ether oxygens (including phenoxy) is 5. The number of carbonyl (C=O) groups is 2. The maximum atomic E-state index is 12.0. The van der Waals surface area contributed by atoms with Crippen molar-refractivity contribution in [1.82, 2.24) is 0 Å². The highest BCUT2D eigenvalue weighted by Crippen LogP contribution is 2.29. The minimum absolute atomic E-state index is 0.123. The topological polar surface area (TPSA) is 141 Å². The van der Waals surface area contributed by atoms with Crippen molar-refractivity contribution in [2.24, 2.45) is 5.41 Å². The van der Waals surface area contributed by atoms with Gasteiger partial charge in [-0.1, -0.05) is 58.9 Å². The van der Waals surface area contributed by atoms with Crippen molar-refractivity contribution >= 4 is 11.9 Å². The van der Waals surface area contributed by atoms with Crippen molar-refractivity contribution in [2.45, 2.75) is 79.6 Å². The molecule has 0 bridgehead atoms. The first-order chi connectivity index (χ1) is 29.7. The third-order valence-corrected chi connectivity index (χ3v) is 10.2. The van der Waals surface area contributed by atoms with E-state index in [-0.39, 0.29) is 29.8 Å². The van der Waals surface area contributed by atoms with E-state index in [1.54, 1.807) is 72.8 Å². The van der Waals surface area contributed by atoms with Crippen molar-refractivity contribution < 1.29 is 48.6 Å². The second kappa shape index (κ2) is 23.7. The van der Waals surface area contributed by atoms with Gasteiger partial charge in [-0.05, 0) is 177 Å². The molecule has 10 nitrogen and oxygen atoms in total.